The normalized spacial score (nSPS) is 10.5. The lowest BCUT2D eigenvalue weighted by atomic mass is 10.1. The molecule has 0 spiro atoms. The summed E-state index contributed by atoms with van der Waals surface area (Å²) in [5.74, 6) is 1.52. The third-order valence-corrected chi connectivity index (χ3v) is 2.85. The molecule has 0 aliphatic heterocycles. The maximum Gasteiger partial charge on any atom is 0.130 e. The Kier molecular flexibility index (Phi) is 5.07. The molecule has 0 bridgehead atoms. The molecule has 0 fully saturated rings. The Bertz CT molecular complexity index is 562. The summed E-state index contributed by atoms with van der Waals surface area (Å²) in [7, 11) is 3.25. The van der Waals surface area contributed by atoms with Gasteiger partial charge in [-0.25, -0.2) is 0 Å². The zero-order valence-electron chi connectivity index (χ0n) is 11.7. The summed E-state index contributed by atoms with van der Waals surface area (Å²) in [6, 6.07) is 15.8. The van der Waals surface area contributed by atoms with Crippen molar-refractivity contribution in [3.63, 3.8) is 0 Å². The molecule has 3 nitrogen and oxygen atoms in total. The highest BCUT2D eigenvalue weighted by Gasteiger charge is 2.07. The fourth-order valence-electron chi connectivity index (χ4n) is 1.86. The van der Waals surface area contributed by atoms with Crippen molar-refractivity contribution in [2.45, 2.75) is 6.61 Å². The minimum absolute atomic E-state index is 0.516. The zero-order valence-corrected chi connectivity index (χ0v) is 11.7. The van der Waals surface area contributed by atoms with E-state index in [0.717, 1.165) is 22.6 Å². The zero-order chi connectivity index (χ0) is 14.2. The molecule has 2 aromatic rings. The molecule has 0 radical (unpaired) electrons. The van der Waals surface area contributed by atoms with Gasteiger partial charge in [0, 0.05) is 0 Å². The third kappa shape index (κ3) is 3.54. The van der Waals surface area contributed by atoms with Gasteiger partial charge in [0.15, 0.2) is 0 Å². The van der Waals surface area contributed by atoms with Crippen LogP contribution < -0.4 is 9.47 Å². The first-order valence-corrected chi connectivity index (χ1v) is 6.38. The number of methoxy groups -OCH3 is 2. The van der Waals surface area contributed by atoms with E-state index in [2.05, 4.69) is 0 Å². The summed E-state index contributed by atoms with van der Waals surface area (Å²) in [5.41, 5.74) is 1.99. The molecular weight excluding hydrogens is 252 g/mol. The van der Waals surface area contributed by atoms with Crippen molar-refractivity contribution in [3.8, 4) is 11.5 Å². The van der Waals surface area contributed by atoms with E-state index < -0.39 is 0 Å². The van der Waals surface area contributed by atoms with E-state index in [9.17, 15) is 0 Å². The lowest BCUT2D eigenvalue weighted by molar-refractivity contribution is 0.302. The fourth-order valence-corrected chi connectivity index (χ4v) is 1.86. The lowest BCUT2D eigenvalue weighted by Crippen LogP contribution is -1.98. The van der Waals surface area contributed by atoms with Crippen molar-refractivity contribution in [1.82, 2.24) is 0 Å². The Morgan fingerprint density at radius 3 is 2.35 bits per heavy atom. The van der Waals surface area contributed by atoms with E-state index in [1.807, 2.05) is 54.6 Å². The predicted octanol–water partition coefficient (Wildman–Crippen LogP) is 3.89. The van der Waals surface area contributed by atoms with Crippen molar-refractivity contribution >= 4 is 6.08 Å². The Morgan fingerprint density at radius 2 is 1.65 bits per heavy atom. The second kappa shape index (κ2) is 7.24. The van der Waals surface area contributed by atoms with Gasteiger partial charge in [0.1, 0.15) is 18.1 Å². The summed E-state index contributed by atoms with van der Waals surface area (Å²) in [4.78, 5) is 0. The van der Waals surface area contributed by atoms with Gasteiger partial charge >= 0.3 is 0 Å². The number of benzene rings is 2. The minimum atomic E-state index is 0.516. The molecule has 0 heterocycles. The smallest absolute Gasteiger partial charge is 0.130 e. The number of ether oxygens (including phenoxy) is 3. The first-order chi connectivity index (χ1) is 9.85. The third-order valence-electron chi connectivity index (χ3n) is 2.85. The first kappa shape index (κ1) is 14.0. The molecule has 0 saturated heterocycles. The average Bonchev–Trinajstić information content (AvgIpc) is 2.52. The fraction of sp³-hybridized carbons (Fsp3) is 0.176. The van der Waals surface area contributed by atoms with Crippen LogP contribution in [-0.4, -0.2) is 14.2 Å². The van der Waals surface area contributed by atoms with E-state index >= 15 is 0 Å². The minimum Gasteiger partial charge on any atom is -0.504 e. The molecule has 0 unspecified atom stereocenters. The van der Waals surface area contributed by atoms with E-state index in [-0.39, 0.29) is 0 Å². The van der Waals surface area contributed by atoms with Gasteiger partial charge in [0.05, 0.1) is 26.0 Å². The van der Waals surface area contributed by atoms with Gasteiger partial charge in [-0.2, -0.15) is 0 Å². The number of rotatable bonds is 6. The van der Waals surface area contributed by atoms with Crippen molar-refractivity contribution in [1.29, 1.82) is 0 Å². The van der Waals surface area contributed by atoms with Crippen LogP contribution in [0.2, 0.25) is 0 Å². The van der Waals surface area contributed by atoms with Crippen molar-refractivity contribution in [2.24, 2.45) is 0 Å². The Balaban J connectivity index is 2.20. The molecular formula is C17H18O3. The molecule has 0 amide bonds. The summed E-state index contributed by atoms with van der Waals surface area (Å²) < 4.78 is 16.2. The molecule has 0 aliphatic rings. The molecule has 104 valence electrons. The van der Waals surface area contributed by atoms with Crippen LogP contribution in [-0.2, 0) is 11.3 Å². The van der Waals surface area contributed by atoms with Crippen LogP contribution in [0, 0.1) is 0 Å². The van der Waals surface area contributed by atoms with Crippen LogP contribution in [0.15, 0.2) is 54.8 Å². The predicted molar refractivity (Wildman–Crippen MR) is 79.8 cm³/mol. The van der Waals surface area contributed by atoms with Crippen LogP contribution >= 0.6 is 0 Å². The molecule has 3 heteroatoms. The number of hydrogen-bond donors (Lipinski definition) is 0. The van der Waals surface area contributed by atoms with Gasteiger partial charge < -0.3 is 14.2 Å². The topological polar surface area (TPSA) is 27.7 Å². The molecule has 0 aromatic heterocycles. The average molecular weight is 270 g/mol. The van der Waals surface area contributed by atoms with Gasteiger partial charge in [-0.3, -0.25) is 0 Å². The molecule has 0 atom stereocenters. The van der Waals surface area contributed by atoms with Gasteiger partial charge in [-0.1, -0.05) is 36.4 Å². The quantitative estimate of drug-likeness (QED) is 0.745. The molecule has 0 N–H and O–H groups in total. The SMILES string of the molecule is CO/C=C/c1c(OC)cccc1OCc1ccccc1. The largest absolute Gasteiger partial charge is 0.504 e. The lowest BCUT2D eigenvalue weighted by Gasteiger charge is -2.12. The standard InChI is InChI=1S/C17H18O3/c1-18-12-11-15-16(19-2)9-6-10-17(15)20-13-14-7-4-3-5-8-14/h3-12H,13H2,1-2H3/b12-11+. The monoisotopic (exact) mass is 270 g/mol. The Labute approximate surface area is 119 Å². The molecule has 2 rings (SSSR count). The van der Waals surface area contributed by atoms with E-state index in [1.165, 1.54) is 0 Å². The molecule has 0 saturated carbocycles. The van der Waals surface area contributed by atoms with Crippen LogP contribution in [0.5, 0.6) is 11.5 Å². The second-order valence-electron chi connectivity index (χ2n) is 4.18. The van der Waals surface area contributed by atoms with Gasteiger partial charge in [0.2, 0.25) is 0 Å². The second-order valence-corrected chi connectivity index (χ2v) is 4.18. The highest BCUT2D eigenvalue weighted by atomic mass is 16.5. The number of hydrogen-bond acceptors (Lipinski definition) is 3. The molecule has 0 aliphatic carbocycles. The first-order valence-electron chi connectivity index (χ1n) is 6.38. The van der Waals surface area contributed by atoms with E-state index in [4.69, 9.17) is 14.2 Å². The Morgan fingerprint density at radius 1 is 0.900 bits per heavy atom. The maximum absolute atomic E-state index is 5.88. The summed E-state index contributed by atoms with van der Waals surface area (Å²) >= 11 is 0. The van der Waals surface area contributed by atoms with Gasteiger partial charge in [-0.15, -0.1) is 0 Å². The van der Waals surface area contributed by atoms with E-state index in [0.29, 0.717) is 6.61 Å². The van der Waals surface area contributed by atoms with Crippen molar-refractivity contribution in [3.05, 3.63) is 65.9 Å². The summed E-state index contributed by atoms with van der Waals surface area (Å²) in [6.45, 7) is 0.516. The van der Waals surface area contributed by atoms with Crippen LogP contribution in [0.25, 0.3) is 6.08 Å². The van der Waals surface area contributed by atoms with Crippen LogP contribution in [0.1, 0.15) is 11.1 Å². The highest BCUT2D eigenvalue weighted by Crippen LogP contribution is 2.30. The van der Waals surface area contributed by atoms with Crippen LogP contribution in [0.3, 0.4) is 0 Å². The Hall–Kier alpha value is -2.42. The molecule has 2 aromatic carbocycles. The van der Waals surface area contributed by atoms with Crippen molar-refractivity contribution < 1.29 is 14.2 Å². The summed E-state index contributed by atoms with van der Waals surface area (Å²) in [6.07, 6.45) is 3.44. The summed E-state index contributed by atoms with van der Waals surface area (Å²) in [5, 5.41) is 0. The van der Waals surface area contributed by atoms with Gasteiger partial charge in [0.25, 0.3) is 0 Å². The van der Waals surface area contributed by atoms with Crippen molar-refractivity contribution in [2.75, 3.05) is 14.2 Å². The van der Waals surface area contributed by atoms with Crippen LogP contribution in [0.4, 0.5) is 0 Å². The molecule has 20 heavy (non-hydrogen) atoms. The van der Waals surface area contributed by atoms with E-state index in [1.54, 1.807) is 20.5 Å². The maximum atomic E-state index is 5.88. The van der Waals surface area contributed by atoms with Gasteiger partial charge in [-0.05, 0) is 23.8 Å². The highest BCUT2D eigenvalue weighted by molar-refractivity contribution is 5.63.